The normalized spacial score (nSPS) is 23.6. The van der Waals surface area contributed by atoms with Crippen molar-refractivity contribution in [3.63, 3.8) is 0 Å². The van der Waals surface area contributed by atoms with Gasteiger partial charge in [0.25, 0.3) is 0 Å². The minimum atomic E-state index is -3.62. The molecule has 0 aliphatic carbocycles. The molecule has 0 amide bonds. The smallest absolute Gasteiger partial charge is 0.218 e. The average Bonchev–Trinajstić information content (AvgIpc) is 2.86. The first-order chi connectivity index (χ1) is 9.97. The summed E-state index contributed by atoms with van der Waals surface area (Å²) in [6.45, 7) is 0.581. The van der Waals surface area contributed by atoms with Crippen LogP contribution in [-0.2, 0) is 25.2 Å². The van der Waals surface area contributed by atoms with Gasteiger partial charge in [0.1, 0.15) is 5.82 Å². The van der Waals surface area contributed by atoms with Gasteiger partial charge in [-0.15, -0.1) is 0 Å². The number of hydrogen-bond donors (Lipinski definition) is 0. The molecule has 21 heavy (non-hydrogen) atoms. The Balaban J connectivity index is 2.19. The Labute approximate surface area is 124 Å². The molecule has 2 atom stereocenters. The maximum absolute atomic E-state index is 13.7. The molecule has 0 radical (unpaired) electrons. The fourth-order valence-electron chi connectivity index (χ4n) is 2.60. The molecule has 1 heterocycles. The Hall–Kier alpha value is -1.02. The third-order valence-electron chi connectivity index (χ3n) is 3.67. The summed E-state index contributed by atoms with van der Waals surface area (Å²) < 4.78 is 50.5. The first-order valence-corrected chi connectivity index (χ1v) is 8.33. The highest BCUT2D eigenvalue weighted by molar-refractivity contribution is 7.88. The SMILES string of the molecule is COC[C@@H]1C[C@H](OC)CN1S(=O)(=O)Cc1ccccc1F. The Morgan fingerprint density at radius 2 is 2.05 bits per heavy atom. The van der Waals surface area contributed by atoms with E-state index in [9.17, 15) is 12.8 Å². The maximum atomic E-state index is 13.7. The van der Waals surface area contributed by atoms with Crippen LogP contribution in [0.4, 0.5) is 4.39 Å². The van der Waals surface area contributed by atoms with Crippen molar-refractivity contribution in [2.45, 2.75) is 24.3 Å². The lowest BCUT2D eigenvalue weighted by atomic mass is 10.2. The van der Waals surface area contributed by atoms with E-state index < -0.39 is 15.8 Å². The second-order valence-corrected chi connectivity index (χ2v) is 7.04. The van der Waals surface area contributed by atoms with Gasteiger partial charge in [0.15, 0.2) is 0 Å². The molecule has 1 saturated heterocycles. The molecule has 1 aromatic carbocycles. The zero-order valence-electron chi connectivity index (χ0n) is 12.2. The average molecular weight is 317 g/mol. The van der Waals surface area contributed by atoms with Crippen LogP contribution in [0.25, 0.3) is 0 Å². The molecular weight excluding hydrogens is 297 g/mol. The fourth-order valence-corrected chi connectivity index (χ4v) is 4.38. The lowest BCUT2D eigenvalue weighted by molar-refractivity contribution is 0.110. The van der Waals surface area contributed by atoms with Crippen LogP contribution in [0.2, 0.25) is 0 Å². The van der Waals surface area contributed by atoms with E-state index in [1.807, 2.05) is 0 Å². The minimum absolute atomic E-state index is 0.152. The summed E-state index contributed by atoms with van der Waals surface area (Å²) in [5, 5.41) is 0. The van der Waals surface area contributed by atoms with Gasteiger partial charge in [-0.3, -0.25) is 0 Å². The molecule has 0 spiro atoms. The van der Waals surface area contributed by atoms with E-state index >= 15 is 0 Å². The van der Waals surface area contributed by atoms with Gasteiger partial charge < -0.3 is 9.47 Å². The molecule has 0 aromatic heterocycles. The third kappa shape index (κ3) is 3.79. The standard InChI is InChI=1S/C14H20FNO4S/c1-19-9-12-7-13(20-2)8-16(12)21(17,18)10-11-5-3-4-6-14(11)15/h3-6,12-13H,7-10H2,1-2H3/t12-,13-/m0/s1. The lowest BCUT2D eigenvalue weighted by Gasteiger charge is -2.23. The van der Waals surface area contributed by atoms with Crippen molar-refractivity contribution in [1.29, 1.82) is 0 Å². The molecule has 118 valence electrons. The van der Waals surface area contributed by atoms with Gasteiger partial charge in [-0.25, -0.2) is 12.8 Å². The Morgan fingerprint density at radius 1 is 1.33 bits per heavy atom. The molecule has 1 aliphatic heterocycles. The summed E-state index contributed by atoms with van der Waals surface area (Å²) in [6, 6.07) is 5.65. The molecule has 1 aromatic rings. The predicted octanol–water partition coefficient (Wildman–Crippen LogP) is 1.39. The molecule has 0 bridgehead atoms. The number of methoxy groups -OCH3 is 2. The molecule has 2 rings (SSSR count). The summed E-state index contributed by atoms with van der Waals surface area (Å²) in [6.07, 6.45) is 0.432. The topological polar surface area (TPSA) is 55.8 Å². The van der Waals surface area contributed by atoms with Gasteiger partial charge in [0, 0.05) is 26.3 Å². The molecule has 1 fully saturated rings. The maximum Gasteiger partial charge on any atom is 0.218 e. The molecule has 7 heteroatoms. The summed E-state index contributed by atoms with van der Waals surface area (Å²) in [5.41, 5.74) is 0.175. The first-order valence-electron chi connectivity index (χ1n) is 6.72. The lowest BCUT2D eigenvalue weighted by Crippen LogP contribution is -2.39. The number of nitrogens with zero attached hydrogens (tertiary/aromatic N) is 1. The van der Waals surface area contributed by atoms with Crippen LogP contribution in [0, 0.1) is 5.82 Å². The van der Waals surface area contributed by atoms with Gasteiger partial charge in [0.2, 0.25) is 10.0 Å². The zero-order chi connectivity index (χ0) is 15.5. The molecule has 0 N–H and O–H groups in total. The number of sulfonamides is 1. The highest BCUT2D eigenvalue weighted by Crippen LogP contribution is 2.26. The number of hydrogen-bond acceptors (Lipinski definition) is 4. The van der Waals surface area contributed by atoms with Crippen LogP contribution in [0.5, 0.6) is 0 Å². The number of rotatable bonds is 6. The van der Waals surface area contributed by atoms with Crippen LogP contribution < -0.4 is 0 Å². The van der Waals surface area contributed by atoms with Crippen molar-refractivity contribution in [2.75, 3.05) is 27.4 Å². The van der Waals surface area contributed by atoms with Crippen LogP contribution in [0.1, 0.15) is 12.0 Å². The van der Waals surface area contributed by atoms with E-state index in [0.717, 1.165) is 0 Å². The first kappa shape index (κ1) is 16.4. The monoisotopic (exact) mass is 317 g/mol. The van der Waals surface area contributed by atoms with Crippen molar-refractivity contribution in [3.05, 3.63) is 35.6 Å². The molecular formula is C14H20FNO4S. The summed E-state index contributed by atoms with van der Waals surface area (Å²) in [4.78, 5) is 0. The van der Waals surface area contributed by atoms with Crippen LogP contribution in [0.3, 0.4) is 0 Å². The number of ether oxygens (including phenoxy) is 2. The van der Waals surface area contributed by atoms with Crippen molar-refractivity contribution in [1.82, 2.24) is 4.31 Å². The number of halogens is 1. The van der Waals surface area contributed by atoms with E-state index in [1.165, 1.54) is 29.6 Å². The van der Waals surface area contributed by atoms with Crippen LogP contribution >= 0.6 is 0 Å². The largest absolute Gasteiger partial charge is 0.383 e. The predicted molar refractivity (Wildman–Crippen MR) is 76.8 cm³/mol. The van der Waals surface area contributed by atoms with Gasteiger partial charge in [-0.1, -0.05) is 18.2 Å². The fraction of sp³-hybridized carbons (Fsp3) is 0.571. The Morgan fingerprint density at radius 3 is 2.67 bits per heavy atom. The minimum Gasteiger partial charge on any atom is -0.383 e. The Bertz CT molecular complexity index is 578. The van der Waals surface area contributed by atoms with E-state index in [2.05, 4.69) is 0 Å². The molecule has 1 aliphatic rings. The molecule has 0 unspecified atom stereocenters. The summed E-state index contributed by atoms with van der Waals surface area (Å²) in [7, 11) is -0.530. The van der Waals surface area contributed by atoms with Crippen molar-refractivity contribution >= 4 is 10.0 Å². The van der Waals surface area contributed by atoms with Gasteiger partial charge >= 0.3 is 0 Å². The zero-order valence-corrected chi connectivity index (χ0v) is 13.0. The van der Waals surface area contributed by atoms with E-state index in [-0.39, 0.29) is 30.0 Å². The molecule has 0 saturated carbocycles. The molecule has 5 nitrogen and oxygen atoms in total. The second kappa shape index (κ2) is 6.83. The highest BCUT2D eigenvalue weighted by Gasteiger charge is 2.39. The van der Waals surface area contributed by atoms with Crippen LogP contribution in [-0.4, -0.2) is 52.2 Å². The third-order valence-corrected chi connectivity index (χ3v) is 5.51. The van der Waals surface area contributed by atoms with Crippen molar-refractivity contribution in [2.24, 2.45) is 0 Å². The second-order valence-electron chi connectivity index (χ2n) is 5.12. The van der Waals surface area contributed by atoms with E-state index in [0.29, 0.717) is 13.0 Å². The van der Waals surface area contributed by atoms with E-state index in [1.54, 1.807) is 13.2 Å². The van der Waals surface area contributed by atoms with Crippen molar-refractivity contribution in [3.8, 4) is 0 Å². The van der Waals surface area contributed by atoms with E-state index in [4.69, 9.17) is 9.47 Å². The van der Waals surface area contributed by atoms with Crippen molar-refractivity contribution < 1.29 is 22.3 Å². The number of benzene rings is 1. The van der Waals surface area contributed by atoms with Gasteiger partial charge in [-0.2, -0.15) is 4.31 Å². The van der Waals surface area contributed by atoms with Crippen LogP contribution in [0.15, 0.2) is 24.3 Å². The summed E-state index contributed by atoms with van der Waals surface area (Å²) >= 11 is 0. The summed E-state index contributed by atoms with van der Waals surface area (Å²) in [5.74, 6) is -0.858. The Kier molecular flexibility index (Phi) is 5.32. The van der Waals surface area contributed by atoms with Gasteiger partial charge in [0.05, 0.1) is 24.5 Å². The van der Waals surface area contributed by atoms with Gasteiger partial charge in [-0.05, 0) is 12.5 Å². The highest BCUT2D eigenvalue weighted by atomic mass is 32.2. The quantitative estimate of drug-likeness (QED) is 0.796.